The summed E-state index contributed by atoms with van der Waals surface area (Å²) in [5, 5.41) is 3.14. The molecule has 1 heterocycles. The molecule has 0 aromatic heterocycles. The number of nitrogens with one attached hydrogen (secondary N) is 1. The van der Waals surface area contributed by atoms with E-state index in [9.17, 15) is 4.79 Å². The molecule has 0 spiro atoms. The van der Waals surface area contributed by atoms with E-state index in [1.165, 1.54) is 25.8 Å². The first-order valence-corrected chi connectivity index (χ1v) is 8.32. The SMILES string of the molecule is CC(C)N1CCCC(CNC(=O)C[C@@H]2CCC[C@H]2N)C1.Cl.Cl. The largest absolute Gasteiger partial charge is 0.356 e. The van der Waals surface area contributed by atoms with E-state index in [1.807, 2.05) is 0 Å². The molecule has 2 rings (SSSR count). The van der Waals surface area contributed by atoms with E-state index in [0.29, 0.717) is 24.3 Å². The highest BCUT2D eigenvalue weighted by Gasteiger charge is 2.27. The first-order chi connectivity index (χ1) is 9.56. The number of hydrogen-bond acceptors (Lipinski definition) is 3. The standard InChI is InChI=1S/C16H31N3O.2ClH/c1-12(2)19-8-4-5-13(11-19)10-18-16(20)9-14-6-3-7-15(14)17;;/h12-15H,3-11,17H2,1-2H3,(H,18,20);2*1H/t13?,14-,15+;;/m0../s1. The van der Waals surface area contributed by atoms with Crippen LogP contribution in [0.5, 0.6) is 0 Å². The molecule has 0 radical (unpaired) electrons. The van der Waals surface area contributed by atoms with Crippen LogP contribution in [0.4, 0.5) is 0 Å². The molecule has 132 valence electrons. The predicted molar refractivity (Wildman–Crippen MR) is 96.9 cm³/mol. The van der Waals surface area contributed by atoms with Gasteiger partial charge in [-0.3, -0.25) is 4.79 Å². The first-order valence-electron chi connectivity index (χ1n) is 8.32. The second kappa shape index (κ2) is 10.7. The number of amides is 1. The van der Waals surface area contributed by atoms with Crippen molar-refractivity contribution >= 4 is 30.7 Å². The maximum atomic E-state index is 12.0. The fraction of sp³-hybridized carbons (Fsp3) is 0.938. The average molecular weight is 354 g/mol. The Morgan fingerprint density at radius 3 is 2.55 bits per heavy atom. The zero-order valence-electron chi connectivity index (χ0n) is 13.9. The van der Waals surface area contributed by atoms with E-state index in [2.05, 4.69) is 24.1 Å². The molecule has 3 N–H and O–H groups in total. The Morgan fingerprint density at radius 2 is 1.95 bits per heavy atom. The molecule has 4 nitrogen and oxygen atoms in total. The number of hydrogen-bond donors (Lipinski definition) is 2. The van der Waals surface area contributed by atoms with Crippen LogP contribution in [0.15, 0.2) is 0 Å². The highest BCUT2D eigenvalue weighted by Crippen LogP contribution is 2.26. The Kier molecular flexibility index (Phi) is 10.7. The van der Waals surface area contributed by atoms with E-state index in [1.54, 1.807) is 0 Å². The maximum Gasteiger partial charge on any atom is 0.220 e. The zero-order chi connectivity index (χ0) is 14.5. The molecule has 0 bridgehead atoms. The van der Waals surface area contributed by atoms with Gasteiger partial charge in [-0.25, -0.2) is 0 Å². The normalized spacial score (nSPS) is 28.8. The van der Waals surface area contributed by atoms with Crippen LogP contribution in [-0.4, -0.2) is 42.5 Å². The monoisotopic (exact) mass is 353 g/mol. The molecule has 0 aromatic carbocycles. The summed E-state index contributed by atoms with van der Waals surface area (Å²) in [6, 6.07) is 0.858. The van der Waals surface area contributed by atoms with Crippen molar-refractivity contribution in [2.45, 2.75) is 64.5 Å². The highest BCUT2D eigenvalue weighted by molar-refractivity contribution is 5.85. The Morgan fingerprint density at radius 1 is 1.23 bits per heavy atom. The lowest BCUT2D eigenvalue weighted by atomic mass is 9.96. The lowest BCUT2D eigenvalue weighted by molar-refractivity contribution is -0.122. The van der Waals surface area contributed by atoms with Gasteiger partial charge < -0.3 is 16.0 Å². The predicted octanol–water partition coefficient (Wildman–Crippen LogP) is 2.58. The van der Waals surface area contributed by atoms with Gasteiger partial charge in [-0.2, -0.15) is 0 Å². The Balaban J connectivity index is 0.00000220. The van der Waals surface area contributed by atoms with Crippen LogP contribution >= 0.6 is 24.8 Å². The molecule has 1 aliphatic carbocycles. The molecule has 1 saturated carbocycles. The van der Waals surface area contributed by atoms with Crippen LogP contribution in [0.1, 0.15) is 52.4 Å². The summed E-state index contributed by atoms with van der Waals surface area (Å²) in [6.07, 6.45) is 6.52. The number of halogens is 2. The van der Waals surface area contributed by atoms with E-state index in [-0.39, 0.29) is 36.8 Å². The maximum absolute atomic E-state index is 12.0. The third-order valence-corrected chi connectivity index (χ3v) is 5.03. The number of carbonyl (C=O) groups excluding carboxylic acids is 1. The van der Waals surface area contributed by atoms with Gasteiger partial charge in [-0.05, 0) is 57.9 Å². The van der Waals surface area contributed by atoms with Crippen LogP contribution < -0.4 is 11.1 Å². The second-order valence-electron chi connectivity index (χ2n) is 6.96. The molecule has 1 saturated heterocycles. The summed E-state index contributed by atoms with van der Waals surface area (Å²) in [4.78, 5) is 14.5. The summed E-state index contributed by atoms with van der Waals surface area (Å²) in [7, 11) is 0. The van der Waals surface area contributed by atoms with Crippen molar-refractivity contribution < 1.29 is 4.79 Å². The number of nitrogens with zero attached hydrogens (tertiary/aromatic N) is 1. The van der Waals surface area contributed by atoms with E-state index in [4.69, 9.17) is 5.73 Å². The van der Waals surface area contributed by atoms with Crippen molar-refractivity contribution in [2.24, 2.45) is 17.6 Å². The quantitative estimate of drug-likeness (QED) is 0.798. The van der Waals surface area contributed by atoms with Gasteiger partial charge >= 0.3 is 0 Å². The molecule has 22 heavy (non-hydrogen) atoms. The minimum Gasteiger partial charge on any atom is -0.356 e. The van der Waals surface area contributed by atoms with Crippen LogP contribution in [0.3, 0.4) is 0 Å². The van der Waals surface area contributed by atoms with E-state index < -0.39 is 0 Å². The van der Waals surface area contributed by atoms with Gasteiger partial charge in [0.2, 0.25) is 5.91 Å². The van der Waals surface area contributed by atoms with Crippen molar-refractivity contribution in [1.82, 2.24) is 10.2 Å². The Labute approximate surface area is 147 Å². The summed E-state index contributed by atoms with van der Waals surface area (Å²) >= 11 is 0. The third-order valence-electron chi connectivity index (χ3n) is 5.03. The van der Waals surface area contributed by atoms with Crippen LogP contribution in [0.2, 0.25) is 0 Å². The molecule has 0 aromatic rings. The average Bonchev–Trinajstić information content (AvgIpc) is 2.82. The molecule has 3 atom stereocenters. The number of piperidine rings is 1. The van der Waals surface area contributed by atoms with Crippen molar-refractivity contribution in [3.8, 4) is 0 Å². The van der Waals surface area contributed by atoms with Gasteiger partial charge in [-0.1, -0.05) is 6.42 Å². The fourth-order valence-corrected chi connectivity index (χ4v) is 3.62. The minimum atomic E-state index is 0. The number of nitrogens with two attached hydrogens (primary N) is 1. The lowest BCUT2D eigenvalue weighted by Crippen LogP contribution is -2.44. The fourth-order valence-electron chi connectivity index (χ4n) is 3.62. The number of carbonyl (C=O) groups is 1. The molecule has 2 aliphatic rings. The molecule has 2 fully saturated rings. The summed E-state index contributed by atoms with van der Waals surface area (Å²) in [6.45, 7) is 7.68. The first kappa shape index (κ1) is 22.0. The molecule has 1 aliphatic heterocycles. The lowest BCUT2D eigenvalue weighted by Gasteiger charge is -2.35. The van der Waals surface area contributed by atoms with E-state index in [0.717, 1.165) is 25.9 Å². The number of likely N-dealkylation sites (tertiary alicyclic amines) is 1. The van der Waals surface area contributed by atoms with Crippen molar-refractivity contribution in [3.63, 3.8) is 0 Å². The van der Waals surface area contributed by atoms with E-state index >= 15 is 0 Å². The summed E-state index contributed by atoms with van der Waals surface area (Å²) in [5.74, 6) is 1.23. The zero-order valence-corrected chi connectivity index (χ0v) is 15.6. The highest BCUT2D eigenvalue weighted by atomic mass is 35.5. The van der Waals surface area contributed by atoms with Gasteiger partial charge in [0, 0.05) is 31.6 Å². The van der Waals surface area contributed by atoms with Crippen LogP contribution in [-0.2, 0) is 4.79 Å². The van der Waals surface area contributed by atoms with Crippen LogP contribution in [0.25, 0.3) is 0 Å². The smallest absolute Gasteiger partial charge is 0.220 e. The molecule has 6 heteroatoms. The van der Waals surface area contributed by atoms with Crippen molar-refractivity contribution in [1.29, 1.82) is 0 Å². The second-order valence-corrected chi connectivity index (χ2v) is 6.96. The molecule has 1 amide bonds. The third kappa shape index (κ3) is 6.61. The van der Waals surface area contributed by atoms with Crippen LogP contribution in [0, 0.1) is 11.8 Å². The topological polar surface area (TPSA) is 58.4 Å². The molecule has 1 unspecified atom stereocenters. The summed E-state index contributed by atoms with van der Waals surface area (Å²) < 4.78 is 0. The van der Waals surface area contributed by atoms with Gasteiger partial charge in [0.15, 0.2) is 0 Å². The number of rotatable bonds is 5. The van der Waals surface area contributed by atoms with Gasteiger partial charge in [-0.15, -0.1) is 24.8 Å². The molecular weight excluding hydrogens is 321 g/mol. The van der Waals surface area contributed by atoms with Gasteiger partial charge in [0.05, 0.1) is 0 Å². The van der Waals surface area contributed by atoms with Gasteiger partial charge in [0.25, 0.3) is 0 Å². The Hall–Kier alpha value is -0.0300. The summed E-state index contributed by atoms with van der Waals surface area (Å²) in [5.41, 5.74) is 6.03. The van der Waals surface area contributed by atoms with Gasteiger partial charge in [0.1, 0.15) is 0 Å². The minimum absolute atomic E-state index is 0. The molecular formula is C16H33Cl2N3O. The van der Waals surface area contributed by atoms with Crippen molar-refractivity contribution in [3.05, 3.63) is 0 Å². The Bertz CT molecular complexity index is 329. The van der Waals surface area contributed by atoms with Crippen molar-refractivity contribution in [2.75, 3.05) is 19.6 Å².